The van der Waals surface area contributed by atoms with E-state index >= 15 is 0 Å². The Balaban J connectivity index is 1.82. The number of para-hydroxylation sites is 1. The van der Waals surface area contributed by atoms with E-state index in [9.17, 15) is 4.79 Å². The van der Waals surface area contributed by atoms with Crippen molar-refractivity contribution < 1.29 is 19.0 Å². The molecule has 0 bridgehead atoms. The van der Waals surface area contributed by atoms with Crippen LogP contribution in [0.2, 0.25) is 0 Å². The van der Waals surface area contributed by atoms with E-state index in [0.29, 0.717) is 42.6 Å². The quantitative estimate of drug-likeness (QED) is 0.421. The first-order chi connectivity index (χ1) is 14.2. The number of carbonyl (C=O) groups excluding carboxylic acids is 1. The van der Waals surface area contributed by atoms with Gasteiger partial charge in [-0.05, 0) is 39.0 Å². The number of fused-ring (bicyclic) bond motifs is 1. The van der Waals surface area contributed by atoms with E-state index in [1.807, 2.05) is 51.2 Å². The summed E-state index contributed by atoms with van der Waals surface area (Å²) in [5, 5.41) is 5.12. The normalized spacial score (nSPS) is 11.0. The molecule has 0 saturated heterocycles. The van der Waals surface area contributed by atoms with Gasteiger partial charge in [-0.25, -0.2) is 5.43 Å². The first-order valence-corrected chi connectivity index (χ1v) is 9.63. The van der Waals surface area contributed by atoms with Crippen LogP contribution in [0.25, 0.3) is 10.9 Å². The van der Waals surface area contributed by atoms with Crippen LogP contribution in [0.4, 0.5) is 0 Å². The Hall–Kier alpha value is -3.48. The maximum Gasteiger partial charge on any atom is 0.271 e. The van der Waals surface area contributed by atoms with E-state index in [-0.39, 0.29) is 5.91 Å². The minimum atomic E-state index is -0.369. The van der Waals surface area contributed by atoms with Crippen LogP contribution in [0.5, 0.6) is 17.2 Å². The maximum absolute atomic E-state index is 12.6. The zero-order valence-electron chi connectivity index (χ0n) is 16.8. The summed E-state index contributed by atoms with van der Waals surface area (Å²) < 4.78 is 17.0. The Morgan fingerprint density at radius 1 is 1.03 bits per heavy atom. The summed E-state index contributed by atoms with van der Waals surface area (Å²) in [7, 11) is 0. The minimum Gasteiger partial charge on any atom is -0.490 e. The zero-order chi connectivity index (χ0) is 20.6. The van der Waals surface area contributed by atoms with Crippen molar-refractivity contribution in [1.82, 2.24) is 10.4 Å². The molecule has 0 radical (unpaired) electrons. The van der Waals surface area contributed by atoms with Crippen molar-refractivity contribution in [2.45, 2.75) is 20.8 Å². The van der Waals surface area contributed by atoms with Crippen molar-refractivity contribution in [3.05, 3.63) is 53.7 Å². The Morgan fingerprint density at radius 2 is 1.69 bits per heavy atom. The standard InChI is InChI=1S/C22H25N3O4/c1-4-27-19-11-15(12-20(28-5-2)21(19)29-6-3)22(26)25-24-14-16-13-23-18-10-8-7-9-17(16)18/h7-14,23H,4-6H2,1-3H3,(H,25,26)/b24-14+. The smallest absolute Gasteiger partial charge is 0.271 e. The molecule has 0 atom stereocenters. The Labute approximate surface area is 169 Å². The number of H-pyrrole nitrogens is 1. The van der Waals surface area contributed by atoms with Crippen molar-refractivity contribution in [3.8, 4) is 17.2 Å². The summed E-state index contributed by atoms with van der Waals surface area (Å²) in [6, 6.07) is 11.1. The van der Waals surface area contributed by atoms with Crippen LogP contribution in [-0.4, -0.2) is 36.9 Å². The molecule has 2 N–H and O–H groups in total. The van der Waals surface area contributed by atoms with E-state index < -0.39 is 0 Å². The van der Waals surface area contributed by atoms with Gasteiger partial charge in [0.15, 0.2) is 11.5 Å². The summed E-state index contributed by atoms with van der Waals surface area (Å²) in [5.41, 5.74) is 4.82. The molecular formula is C22H25N3O4. The molecule has 0 aliphatic carbocycles. The fourth-order valence-corrected chi connectivity index (χ4v) is 2.95. The van der Waals surface area contributed by atoms with E-state index in [4.69, 9.17) is 14.2 Å². The molecule has 152 valence electrons. The first kappa shape index (κ1) is 20.3. The van der Waals surface area contributed by atoms with Gasteiger partial charge < -0.3 is 19.2 Å². The lowest BCUT2D eigenvalue weighted by molar-refractivity contribution is 0.0954. The fourth-order valence-electron chi connectivity index (χ4n) is 2.95. The number of hydrazone groups is 1. The van der Waals surface area contributed by atoms with Gasteiger partial charge in [0, 0.05) is 28.2 Å². The average molecular weight is 395 g/mol. The van der Waals surface area contributed by atoms with Crippen LogP contribution in [0.15, 0.2) is 47.7 Å². The van der Waals surface area contributed by atoms with E-state index in [1.54, 1.807) is 18.3 Å². The van der Waals surface area contributed by atoms with Gasteiger partial charge in [0.2, 0.25) is 5.75 Å². The minimum absolute atomic E-state index is 0.369. The lowest BCUT2D eigenvalue weighted by Gasteiger charge is -2.16. The molecule has 2 aromatic carbocycles. The highest BCUT2D eigenvalue weighted by Crippen LogP contribution is 2.39. The molecular weight excluding hydrogens is 370 g/mol. The number of aromatic amines is 1. The molecule has 0 spiro atoms. The molecule has 0 fully saturated rings. The predicted molar refractivity (Wildman–Crippen MR) is 113 cm³/mol. The lowest BCUT2D eigenvalue weighted by Crippen LogP contribution is -2.18. The van der Waals surface area contributed by atoms with E-state index in [0.717, 1.165) is 16.5 Å². The number of rotatable bonds is 9. The fraction of sp³-hybridized carbons (Fsp3) is 0.273. The van der Waals surface area contributed by atoms with Crippen LogP contribution in [-0.2, 0) is 0 Å². The third kappa shape index (κ3) is 4.68. The topological polar surface area (TPSA) is 84.9 Å². The molecule has 1 aromatic heterocycles. The lowest BCUT2D eigenvalue weighted by atomic mass is 10.1. The molecule has 0 aliphatic rings. The number of hydrogen-bond acceptors (Lipinski definition) is 5. The summed E-state index contributed by atoms with van der Waals surface area (Å²) in [6.45, 7) is 6.96. The van der Waals surface area contributed by atoms with Crippen LogP contribution >= 0.6 is 0 Å². The molecule has 0 unspecified atom stereocenters. The van der Waals surface area contributed by atoms with Gasteiger partial charge in [0.05, 0.1) is 26.0 Å². The van der Waals surface area contributed by atoms with Crippen LogP contribution < -0.4 is 19.6 Å². The largest absolute Gasteiger partial charge is 0.490 e. The van der Waals surface area contributed by atoms with Gasteiger partial charge in [-0.15, -0.1) is 0 Å². The second-order valence-corrected chi connectivity index (χ2v) is 6.09. The van der Waals surface area contributed by atoms with Crippen molar-refractivity contribution in [3.63, 3.8) is 0 Å². The number of carbonyl (C=O) groups is 1. The Kier molecular flexibility index (Phi) is 6.73. The van der Waals surface area contributed by atoms with Gasteiger partial charge >= 0.3 is 0 Å². The van der Waals surface area contributed by atoms with Gasteiger partial charge in [-0.1, -0.05) is 18.2 Å². The molecule has 7 nitrogen and oxygen atoms in total. The summed E-state index contributed by atoms with van der Waals surface area (Å²) >= 11 is 0. The Bertz CT molecular complexity index is 983. The summed E-state index contributed by atoms with van der Waals surface area (Å²) in [4.78, 5) is 15.8. The second kappa shape index (κ2) is 9.64. The number of aromatic nitrogens is 1. The predicted octanol–water partition coefficient (Wildman–Crippen LogP) is 4.13. The van der Waals surface area contributed by atoms with Gasteiger partial charge in [-0.3, -0.25) is 4.79 Å². The maximum atomic E-state index is 12.6. The second-order valence-electron chi connectivity index (χ2n) is 6.09. The van der Waals surface area contributed by atoms with Crippen molar-refractivity contribution >= 4 is 23.0 Å². The molecule has 7 heteroatoms. The average Bonchev–Trinajstić information content (AvgIpc) is 3.13. The van der Waals surface area contributed by atoms with Gasteiger partial charge in [-0.2, -0.15) is 5.10 Å². The van der Waals surface area contributed by atoms with Crippen LogP contribution in [0.3, 0.4) is 0 Å². The van der Waals surface area contributed by atoms with Crippen molar-refractivity contribution in [2.24, 2.45) is 5.10 Å². The molecule has 29 heavy (non-hydrogen) atoms. The molecule has 3 aromatic rings. The summed E-state index contributed by atoms with van der Waals surface area (Å²) in [6.07, 6.45) is 3.45. The molecule has 1 heterocycles. The number of benzene rings is 2. The zero-order valence-corrected chi connectivity index (χ0v) is 16.8. The van der Waals surface area contributed by atoms with E-state index in [1.165, 1.54) is 0 Å². The van der Waals surface area contributed by atoms with E-state index in [2.05, 4.69) is 15.5 Å². The highest BCUT2D eigenvalue weighted by molar-refractivity contribution is 6.00. The highest BCUT2D eigenvalue weighted by Gasteiger charge is 2.18. The molecule has 1 amide bonds. The number of ether oxygens (including phenoxy) is 3. The van der Waals surface area contributed by atoms with Crippen LogP contribution in [0.1, 0.15) is 36.7 Å². The number of nitrogens with one attached hydrogen (secondary N) is 2. The number of hydrogen-bond donors (Lipinski definition) is 2. The molecule has 0 aliphatic heterocycles. The summed E-state index contributed by atoms with van der Waals surface area (Å²) in [5.74, 6) is 1.05. The first-order valence-electron chi connectivity index (χ1n) is 9.63. The number of amides is 1. The third-order valence-electron chi connectivity index (χ3n) is 4.16. The SMILES string of the molecule is CCOc1cc(C(=O)N/N=C/c2c[nH]c3ccccc23)cc(OCC)c1OCC. The molecule has 3 rings (SSSR count). The monoisotopic (exact) mass is 395 g/mol. The van der Waals surface area contributed by atoms with Gasteiger partial charge in [0.25, 0.3) is 5.91 Å². The Morgan fingerprint density at radius 3 is 2.34 bits per heavy atom. The third-order valence-corrected chi connectivity index (χ3v) is 4.16. The highest BCUT2D eigenvalue weighted by atomic mass is 16.5. The van der Waals surface area contributed by atoms with Crippen molar-refractivity contribution in [1.29, 1.82) is 0 Å². The van der Waals surface area contributed by atoms with Gasteiger partial charge in [0.1, 0.15) is 0 Å². The molecule has 0 saturated carbocycles. The van der Waals surface area contributed by atoms with Crippen LogP contribution in [0, 0.1) is 0 Å². The number of nitrogens with zero attached hydrogens (tertiary/aromatic N) is 1. The van der Waals surface area contributed by atoms with Crippen molar-refractivity contribution in [2.75, 3.05) is 19.8 Å².